The van der Waals surface area contributed by atoms with Crippen LogP contribution in [0.1, 0.15) is 30.3 Å². The zero-order valence-corrected chi connectivity index (χ0v) is 20.9. The van der Waals surface area contributed by atoms with Crippen molar-refractivity contribution in [2.75, 3.05) is 20.3 Å². The maximum atomic E-state index is 13.6. The number of hydrogen-bond acceptors (Lipinski definition) is 9. The highest BCUT2D eigenvalue weighted by Gasteiger charge is 2.33. The molecule has 35 heavy (non-hydrogen) atoms. The topological polar surface area (TPSA) is 122 Å². The Hall–Kier alpha value is -3.70. The van der Waals surface area contributed by atoms with Crippen molar-refractivity contribution in [1.82, 2.24) is 4.57 Å². The van der Waals surface area contributed by atoms with E-state index < -0.39 is 17.9 Å². The molecule has 4 rings (SSSR count). The molecule has 11 heteroatoms. The number of aromatic nitrogens is 1. The van der Waals surface area contributed by atoms with E-state index >= 15 is 0 Å². The third-order valence-corrected chi connectivity index (χ3v) is 7.09. The quantitative estimate of drug-likeness (QED) is 0.458. The lowest BCUT2D eigenvalue weighted by Crippen LogP contribution is -2.39. The summed E-state index contributed by atoms with van der Waals surface area (Å²) in [4.78, 5) is 43.3. The van der Waals surface area contributed by atoms with Crippen molar-refractivity contribution >= 4 is 40.6 Å². The maximum absolute atomic E-state index is 13.6. The lowest BCUT2D eigenvalue weighted by molar-refractivity contribution is -0.139. The number of benzene rings is 1. The Bertz CT molecular complexity index is 1480. The number of fused-ring (bicyclic) bond motifs is 1. The number of ether oxygens (including phenoxy) is 3. The van der Waals surface area contributed by atoms with E-state index in [4.69, 9.17) is 19.9 Å². The highest BCUT2D eigenvalue weighted by atomic mass is 32.1. The Labute approximate surface area is 208 Å². The summed E-state index contributed by atoms with van der Waals surface area (Å²) in [5.74, 6) is -0.338. The first-order chi connectivity index (χ1) is 16.8. The Morgan fingerprint density at radius 1 is 1.26 bits per heavy atom. The first kappa shape index (κ1) is 24.4. The largest absolute Gasteiger partial charge is 0.493 e. The van der Waals surface area contributed by atoms with Gasteiger partial charge in [-0.1, -0.05) is 23.5 Å². The molecular formula is C24H23N3O6S2. The van der Waals surface area contributed by atoms with Crippen molar-refractivity contribution in [3.8, 4) is 11.5 Å². The number of methoxy groups -OCH3 is 1. The van der Waals surface area contributed by atoms with E-state index in [0.717, 1.165) is 4.88 Å². The van der Waals surface area contributed by atoms with Gasteiger partial charge in [0.15, 0.2) is 22.9 Å². The molecule has 0 fully saturated rings. The van der Waals surface area contributed by atoms with Crippen LogP contribution in [-0.4, -0.2) is 36.8 Å². The van der Waals surface area contributed by atoms with E-state index in [1.807, 2.05) is 17.5 Å². The standard InChI is InChI=1S/C24H23N3O6S2/c1-4-32-23(30)20-13(2)26-24-27(21(20)17-6-5-9-34-17)22(29)18(35-24)11-14-7-8-15(16(10-14)31-3)33-12-19(25)28/h5-11,21H,4,12H2,1-3H3,(H2,25,28)/b18-11-. The summed E-state index contributed by atoms with van der Waals surface area (Å²) in [5, 5.41) is 1.90. The number of amides is 1. The van der Waals surface area contributed by atoms with Gasteiger partial charge in [0.1, 0.15) is 6.04 Å². The number of primary amides is 1. The van der Waals surface area contributed by atoms with E-state index in [2.05, 4.69) is 4.99 Å². The van der Waals surface area contributed by atoms with E-state index in [9.17, 15) is 14.4 Å². The minimum absolute atomic E-state index is 0.220. The number of allylic oxidation sites excluding steroid dienone is 1. The van der Waals surface area contributed by atoms with Gasteiger partial charge in [0.05, 0.1) is 29.5 Å². The predicted octanol–water partition coefficient (Wildman–Crippen LogP) is 1.73. The van der Waals surface area contributed by atoms with E-state index in [1.165, 1.54) is 29.8 Å². The summed E-state index contributed by atoms with van der Waals surface area (Å²) < 4.78 is 18.0. The summed E-state index contributed by atoms with van der Waals surface area (Å²) >= 11 is 2.69. The first-order valence-corrected chi connectivity index (χ1v) is 12.4. The number of esters is 1. The molecule has 3 aromatic rings. The average molecular weight is 514 g/mol. The van der Waals surface area contributed by atoms with Crippen molar-refractivity contribution in [2.24, 2.45) is 10.7 Å². The zero-order valence-electron chi connectivity index (χ0n) is 19.3. The van der Waals surface area contributed by atoms with Crippen LogP contribution in [0.15, 0.2) is 56.8 Å². The lowest BCUT2D eigenvalue weighted by atomic mass is 10.0. The van der Waals surface area contributed by atoms with Crippen LogP contribution < -0.4 is 30.1 Å². The SMILES string of the molecule is CCOC(=O)C1=C(C)N=c2s/c(=C\c3ccc(OCC(N)=O)c(OC)c3)c(=O)n2C1c1cccs1. The highest BCUT2D eigenvalue weighted by molar-refractivity contribution is 7.10. The first-order valence-electron chi connectivity index (χ1n) is 10.7. The molecule has 182 valence electrons. The summed E-state index contributed by atoms with van der Waals surface area (Å²) in [5.41, 5.74) is 6.43. The summed E-state index contributed by atoms with van der Waals surface area (Å²) in [6, 6.07) is 8.22. The lowest BCUT2D eigenvalue weighted by Gasteiger charge is -2.23. The monoisotopic (exact) mass is 513 g/mol. The van der Waals surface area contributed by atoms with Crippen LogP contribution in [0.5, 0.6) is 11.5 Å². The van der Waals surface area contributed by atoms with Crippen LogP contribution in [0, 0.1) is 0 Å². The molecule has 0 saturated heterocycles. The number of hydrogen-bond donors (Lipinski definition) is 1. The molecule has 0 saturated carbocycles. The van der Waals surface area contributed by atoms with Gasteiger partial charge in [0.25, 0.3) is 11.5 Å². The summed E-state index contributed by atoms with van der Waals surface area (Å²) in [6.45, 7) is 3.43. The van der Waals surface area contributed by atoms with E-state index in [0.29, 0.717) is 37.7 Å². The third-order valence-electron chi connectivity index (χ3n) is 5.19. The van der Waals surface area contributed by atoms with Gasteiger partial charge < -0.3 is 19.9 Å². The van der Waals surface area contributed by atoms with Crippen molar-refractivity contribution < 1.29 is 23.8 Å². The van der Waals surface area contributed by atoms with Gasteiger partial charge in [-0.2, -0.15) is 0 Å². The number of rotatable bonds is 8. The molecule has 0 bridgehead atoms. The number of carbonyl (C=O) groups excluding carboxylic acids is 2. The molecular weight excluding hydrogens is 490 g/mol. The van der Waals surface area contributed by atoms with Gasteiger partial charge in [-0.15, -0.1) is 11.3 Å². The van der Waals surface area contributed by atoms with Gasteiger partial charge in [-0.05, 0) is 49.1 Å². The molecule has 1 amide bonds. The van der Waals surface area contributed by atoms with Gasteiger partial charge in [-0.3, -0.25) is 14.2 Å². The molecule has 0 spiro atoms. The number of nitrogens with zero attached hydrogens (tertiary/aromatic N) is 2. The minimum atomic E-state index is -0.619. The summed E-state index contributed by atoms with van der Waals surface area (Å²) in [6.07, 6.45) is 1.72. The molecule has 0 radical (unpaired) electrons. The van der Waals surface area contributed by atoms with E-state index in [1.54, 1.807) is 42.7 Å². The number of nitrogens with two attached hydrogens (primary N) is 1. The predicted molar refractivity (Wildman–Crippen MR) is 132 cm³/mol. The molecule has 1 atom stereocenters. The normalized spacial score (nSPS) is 15.4. The molecule has 1 aromatic carbocycles. The van der Waals surface area contributed by atoms with Crippen LogP contribution in [0.2, 0.25) is 0 Å². The van der Waals surface area contributed by atoms with Crippen LogP contribution in [0.3, 0.4) is 0 Å². The van der Waals surface area contributed by atoms with Gasteiger partial charge in [0.2, 0.25) is 0 Å². The Balaban J connectivity index is 1.82. The fourth-order valence-electron chi connectivity index (χ4n) is 3.70. The second-order valence-corrected chi connectivity index (χ2v) is 9.47. The number of thiophene rings is 1. The fourth-order valence-corrected chi connectivity index (χ4v) is 5.57. The van der Waals surface area contributed by atoms with E-state index in [-0.39, 0.29) is 18.8 Å². The molecule has 3 heterocycles. The Morgan fingerprint density at radius 3 is 2.71 bits per heavy atom. The second-order valence-electron chi connectivity index (χ2n) is 7.48. The molecule has 0 aliphatic carbocycles. The Morgan fingerprint density at radius 2 is 2.06 bits per heavy atom. The Kier molecular flexibility index (Phi) is 7.17. The summed E-state index contributed by atoms with van der Waals surface area (Å²) in [7, 11) is 1.48. The molecule has 1 unspecified atom stereocenters. The molecule has 2 N–H and O–H groups in total. The van der Waals surface area contributed by atoms with Gasteiger partial charge in [-0.25, -0.2) is 9.79 Å². The average Bonchev–Trinajstić information content (AvgIpc) is 3.46. The van der Waals surface area contributed by atoms with Crippen LogP contribution in [0.4, 0.5) is 0 Å². The van der Waals surface area contributed by atoms with Gasteiger partial charge >= 0.3 is 5.97 Å². The van der Waals surface area contributed by atoms with Crippen LogP contribution in [-0.2, 0) is 14.3 Å². The van der Waals surface area contributed by atoms with Crippen LogP contribution >= 0.6 is 22.7 Å². The molecule has 1 aliphatic rings. The van der Waals surface area contributed by atoms with Crippen molar-refractivity contribution in [3.63, 3.8) is 0 Å². The third kappa shape index (κ3) is 4.91. The maximum Gasteiger partial charge on any atom is 0.338 e. The van der Waals surface area contributed by atoms with Crippen LogP contribution in [0.25, 0.3) is 6.08 Å². The van der Waals surface area contributed by atoms with Gasteiger partial charge in [0, 0.05) is 4.88 Å². The number of carbonyl (C=O) groups is 2. The van der Waals surface area contributed by atoms with Crippen molar-refractivity contribution in [2.45, 2.75) is 19.9 Å². The minimum Gasteiger partial charge on any atom is -0.493 e. The molecule has 2 aromatic heterocycles. The molecule has 9 nitrogen and oxygen atoms in total. The molecule has 1 aliphatic heterocycles. The van der Waals surface area contributed by atoms with Crippen molar-refractivity contribution in [1.29, 1.82) is 0 Å². The number of thiazole rings is 1. The second kappa shape index (κ2) is 10.3. The fraction of sp³-hybridized carbons (Fsp3) is 0.250. The van der Waals surface area contributed by atoms with Crippen molar-refractivity contribution in [3.05, 3.63) is 77.1 Å². The zero-order chi connectivity index (χ0) is 25.1. The smallest absolute Gasteiger partial charge is 0.338 e. The highest BCUT2D eigenvalue weighted by Crippen LogP contribution is 2.33.